The van der Waals surface area contributed by atoms with Crippen molar-refractivity contribution in [3.63, 3.8) is 0 Å². The number of hydrogen-bond donors (Lipinski definition) is 1. The Labute approximate surface area is 116 Å². The molecule has 19 heavy (non-hydrogen) atoms. The van der Waals surface area contributed by atoms with Crippen molar-refractivity contribution in [1.29, 1.82) is 0 Å². The van der Waals surface area contributed by atoms with Gasteiger partial charge in [-0.05, 0) is 29.7 Å². The van der Waals surface area contributed by atoms with Gasteiger partial charge in [0.25, 0.3) is 5.91 Å². The van der Waals surface area contributed by atoms with Crippen LogP contribution < -0.4 is 10.5 Å². The molecular formula is C15H15NO2S. The van der Waals surface area contributed by atoms with Crippen LogP contribution in [0.2, 0.25) is 0 Å². The molecule has 1 aliphatic rings. The largest absolute Gasteiger partial charge is 0.488 e. The van der Waals surface area contributed by atoms with Crippen molar-refractivity contribution >= 4 is 17.2 Å². The summed E-state index contributed by atoms with van der Waals surface area (Å²) in [6, 6.07) is 8.10. The Hall–Kier alpha value is -1.81. The molecule has 2 aromatic rings. The number of fused-ring (bicyclic) bond motifs is 3. The summed E-state index contributed by atoms with van der Waals surface area (Å²) in [4.78, 5) is 13.0. The zero-order chi connectivity index (χ0) is 13.6. The molecule has 1 aromatic carbocycles. The zero-order valence-electron chi connectivity index (χ0n) is 10.9. The minimum absolute atomic E-state index is 0.374. The average molecular weight is 273 g/mol. The van der Waals surface area contributed by atoms with E-state index in [1.807, 2.05) is 12.1 Å². The van der Waals surface area contributed by atoms with Crippen LogP contribution >= 0.6 is 11.3 Å². The first-order chi connectivity index (χ1) is 9.06. The summed E-state index contributed by atoms with van der Waals surface area (Å²) in [7, 11) is 0. The Morgan fingerprint density at radius 1 is 1.37 bits per heavy atom. The summed E-state index contributed by atoms with van der Waals surface area (Å²) in [5.74, 6) is 0.974. The number of carbonyl (C=O) groups is 1. The van der Waals surface area contributed by atoms with Crippen molar-refractivity contribution in [2.75, 3.05) is 0 Å². The second kappa shape index (κ2) is 4.38. The van der Waals surface area contributed by atoms with E-state index in [9.17, 15) is 4.79 Å². The van der Waals surface area contributed by atoms with E-state index in [1.165, 1.54) is 16.9 Å². The maximum absolute atomic E-state index is 11.3. The van der Waals surface area contributed by atoms with Crippen molar-refractivity contribution in [1.82, 2.24) is 0 Å². The lowest BCUT2D eigenvalue weighted by atomic mass is 9.97. The molecule has 3 rings (SSSR count). The molecule has 2 heterocycles. The fourth-order valence-electron chi connectivity index (χ4n) is 2.25. The Kier molecular flexibility index (Phi) is 2.82. The van der Waals surface area contributed by atoms with Gasteiger partial charge in [0.15, 0.2) is 0 Å². The van der Waals surface area contributed by atoms with E-state index in [4.69, 9.17) is 10.5 Å². The molecule has 1 amide bonds. The Morgan fingerprint density at radius 2 is 2.16 bits per heavy atom. The van der Waals surface area contributed by atoms with Gasteiger partial charge in [-0.15, -0.1) is 11.3 Å². The van der Waals surface area contributed by atoms with Crippen molar-refractivity contribution < 1.29 is 9.53 Å². The van der Waals surface area contributed by atoms with Crippen LogP contribution in [-0.4, -0.2) is 5.91 Å². The average Bonchev–Trinajstić information content (AvgIpc) is 2.82. The first-order valence-corrected chi connectivity index (χ1v) is 7.07. The molecule has 1 aromatic heterocycles. The van der Waals surface area contributed by atoms with Gasteiger partial charge in [0.05, 0.1) is 4.88 Å². The van der Waals surface area contributed by atoms with Crippen LogP contribution in [-0.2, 0) is 6.61 Å². The van der Waals surface area contributed by atoms with Gasteiger partial charge in [-0.3, -0.25) is 4.79 Å². The Bertz CT molecular complexity index is 658. The first-order valence-electron chi connectivity index (χ1n) is 6.26. The van der Waals surface area contributed by atoms with Crippen LogP contribution in [0.4, 0.5) is 0 Å². The Balaban J connectivity index is 2.16. The van der Waals surface area contributed by atoms with Gasteiger partial charge < -0.3 is 10.5 Å². The summed E-state index contributed by atoms with van der Waals surface area (Å²) in [5.41, 5.74) is 8.74. The highest BCUT2D eigenvalue weighted by molar-refractivity contribution is 7.17. The highest BCUT2D eigenvalue weighted by Gasteiger charge is 2.22. The fraction of sp³-hybridized carbons (Fsp3) is 0.267. The lowest BCUT2D eigenvalue weighted by Gasteiger charge is -2.19. The maximum atomic E-state index is 11.3. The second-order valence-corrected chi connectivity index (χ2v) is 6.08. The maximum Gasteiger partial charge on any atom is 0.258 e. The molecule has 0 fully saturated rings. The number of amides is 1. The molecule has 0 spiro atoms. The van der Waals surface area contributed by atoms with Gasteiger partial charge in [-0.2, -0.15) is 0 Å². The van der Waals surface area contributed by atoms with Crippen LogP contribution in [0, 0.1) is 0 Å². The van der Waals surface area contributed by atoms with E-state index in [1.54, 1.807) is 0 Å². The smallest absolute Gasteiger partial charge is 0.258 e. The lowest BCUT2D eigenvalue weighted by molar-refractivity contribution is 0.100. The molecule has 0 saturated heterocycles. The number of nitrogens with two attached hydrogens (primary N) is 1. The normalized spacial score (nSPS) is 12.8. The van der Waals surface area contributed by atoms with Gasteiger partial charge >= 0.3 is 0 Å². The molecule has 0 radical (unpaired) electrons. The summed E-state index contributed by atoms with van der Waals surface area (Å²) >= 11 is 1.45. The number of primary amides is 1. The minimum Gasteiger partial charge on any atom is -0.488 e. The second-order valence-electron chi connectivity index (χ2n) is 5.03. The van der Waals surface area contributed by atoms with Gasteiger partial charge in [-0.25, -0.2) is 0 Å². The molecule has 1 aliphatic heterocycles. The summed E-state index contributed by atoms with van der Waals surface area (Å²) in [6.07, 6.45) is 0. The number of rotatable bonds is 2. The van der Waals surface area contributed by atoms with Crippen LogP contribution in [0.3, 0.4) is 0 Å². The van der Waals surface area contributed by atoms with Crippen LogP contribution in [0.1, 0.15) is 40.6 Å². The highest BCUT2D eigenvalue weighted by Crippen LogP contribution is 2.43. The molecular weight excluding hydrogens is 258 g/mol. The first kappa shape index (κ1) is 12.2. The third kappa shape index (κ3) is 2.02. The molecule has 4 heteroatoms. The summed E-state index contributed by atoms with van der Waals surface area (Å²) in [6.45, 7) is 4.83. The fourth-order valence-corrected chi connectivity index (χ4v) is 3.29. The van der Waals surface area contributed by atoms with E-state index >= 15 is 0 Å². The quantitative estimate of drug-likeness (QED) is 0.910. The van der Waals surface area contributed by atoms with E-state index in [2.05, 4.69) is 26.0 Å². The molecule has 3 nitrogen and oxygen atoms in total. The van der Waals surface area contributed by atoms with Crippen molar-refractivity contribution in [2.24, 2.45) is 5.73 Å². The van der Waals surface area contributed by atoms with Crippen LogP contribution in [0.15, 0.2) is 24.3 Å². The minimum atomic E-state index is -0.374. The molecule has 98 valence electrons. The van der Waals surface area contributed by atoms with Crippen molar-refractivity contribution in [3.05, 3.63) is 40.3 Å². The van der Waals surface area contributed by atoms with Gasteiger partial charge in [0, 0.05) is 16.0 Å². The van der Waals surface area contributed by atoms with E-state index in [0.717, 1.165) is 21.8 Å². The standard InChI is InChI=1S/C15H15NO2S/c1-8(2)9-3-4-12-11(5-9)14-10(7-18-12)6-13(19-14)15(16)17/h3-6,8H,7H2,1-2H3,(H2,16,17). The topological polar surface area (TPSA) is 52.3 Å². The predicted molar refractivity (Wildman–Crippen MR) is 76.7 cm³/mol. The van der Waals surface area contributed by atoms with Gasteiger partial charge in [0.2, 0.25) is 0 Å². The molecule has 0 saturated carbocycles. The summed E-state index contributed by atoms with van der Waals surface area (Å²) < 4.78 is 5.73. The number of ether oxygens (including phenoxy) is 1. The van der Waals surface area contributed by atoms with E-state index in [-0.39, 0.29) is 5.91 Å². The van der Waals surface area contributed by atoms with Crippen LogP contribution in [0.5, 0.6) is 5.75 Å². The lowest BCUT2D eigenvalue weighted by Crippen LogP contribution is -2.08. The number of thiophene rings is 1. The third-order valence-corrected chi connectivity index (χ3v) is 4.58. The van der Waals surface area contributed by atoms with E-state index < -0.39 is 0 Å². The van der Waals surface area contributed by atoms with Crippen LogP contribution in [0.25, 0.3) is 10.4 Å². The third-order valence-electron chi connectivity index (χ3n) is 3.35. The SMILES string of the molecule is CC(C)c1ccc2c(c1)-c1sc(C(N)=O)cc1CO2. The molecule has 0 bridgehead atoms. The zero-order valence-corrected chi connectivity index (χ0v) is 11.7. The molecule has 0 aliphatic carbocycles. The highest BCUT2D eigenvalue weighted by atomic mass is 32.1. The van der Waals surface area contributed by atoms with Crippen molar-refractivity contribution in [2.45, 2.75) is 26.4 Å². The van der Waals surface area contributed by atoms with Crippen molar-refractivity contribution in [3.8, 4) is 16.2 Å². The number of hydrogen-bond acceptors (Lipinski definition) is 3. The Morgan fingerprint density at radius 3 is 2.84 bits per heavy atom. The monoisotopic (exact) mass is 273 g/mol. The predicted octanol–water partition coefficient (Wildman–Crippen LogP) is 3.53. The summed E-state index contributed by atoms with van der Waals surface area (Å²) in [5, 5.41) is 0. The van der Waals surface area contributed by atoms with E-state index in [0.29, 0.717) is 17.4 Å². The molecule has 0 unspecified atom stereocenters. The number of benzene rings is 1. The van der Waals surface area contributed by atoms with Gasteiger partial charge in [0.1, 0.15) is 12.4 Å². The molecule has 0 atom stereocenters. The van der Waals surface area contributed by atoms with Gasteiger partial charge in [-0.1, -0.05) is 19.9 Å². The molecule has 2 N–H and O–H groups in total. The number of carbonyl (C=O) groups excluding carboxylic acids is 1.